The zero-order valence-corrected chi connectivity index (χ0v) is 14.8. The molecule has 0 N–H and O–H groups in total. The van der Waals surface area contributed by atoms with Crippen molar-refractivity contribution in [2.75, 3.05) is 20.1 Å². The first-order chi connectivity index (χ1) is 12.6. The summed E-state index contributed by atoms with van der Waals surface area (Å²) in [4.78, 5) is 32.4. The molecule has 3 aliphatic rings. The number of hydrogen-bond acceptors (Lipinski definition) is 4. The summed E-state index contributed by atoms with van der Waals surface area (Å²) in [6.45, 7) is 2.06. The first-order valence-electron chi connectivity index (χ1n) is 8.65. The van der Waals surface area contributed by atoms with E-state index in [0.29, 0.717) is 17.5 Å². The Kier molecular flexibility index (Phi) is 3.90. The molecule has 0 radical (unpaired) electrons. The Morgan fingerprint density at radius 3 is 2.67 bits per heavy atom. The molecule has 0 aromatic carbocycles. The molecule has 5 heterocycles. The SMILES string of the molecule is Cc1cc(C(F)(F)F)n2nc(C(=O)N3C[C@@H]4CC[C@H](C3)N(C)C4=O)cc2n1. The lowest BCUT2D eigenvalue weighted by Gasteiger charge is -2.32. The molecule has 2 aromatic heterocycles. The highest BCUT2D eigenvalue weighted by Crippen LogP contribution is 2.31. The van der Waals surface area contributed by atoms with Crippen LogP contribution in [0.5, 0.6) is 0 Å². The fraction of sp³-hybridized carbons (Fsp3) is 0.529. The standard InChI is InChI=1S/C17H18F3N5O2/c1-9-5-13(17(18,19)20)25-14(21-9)6-12(22-25)16(27)24-7-10-3-4-11(8-24)23(2)15(10)26/h5-6,10-11H,3-4,7-8H2,1-2H3/t10-,11+/m0/s1. The zero-order chi connectivity index (χ0) is 19.5. The number of alkyl halides is 3. The molecule has 2 bridgehead atoms. The normalized spacial score (nSPS) is 23.2. The van der Waals surface area contributed by atoms with E-state index >= 15 is 0 Å². The average Bonchev–Trinajstić information content (AvgIpc) is 2.83. The van der Waals surface area contributed by atoms with Crippen LogP contribution in [-0.4, -0.2) is 62.4 Å². The van der Waals surface area contributed by atoms with E-state index < -0.39 is 17.8 Å². The van der Waals surface area contributed by atoms with Gasteiger partial charge in [-0.25, -0.2) is 9.50 Å². The maximum absolute atomic E-state index is 13.3. The van der Waals surface area contributed by atoms with Crippen LogP contribution >= 0.6 is 0 Å². The lowest BCUT2D eigenvalue weighted by Crippen LogP contribution is -2.45. The smallest absolute Gasteiger partial charge is 0.341 e. The first kappa shape index (κ1) is 17.7. The van der Waals surface area contributed by atoms with Crippen LogP contribution in [0.15, 0.2) is 12.1 Å². The van der Waals surface area contributed by atoms with Gasteiger partial charge in [0.1, 0.15) is 5.69 Å². The predicted octanol–water partition coefficient (Wildman–Crippen LogP) is 1.75. The Bertz CT molecular complexity index is 939. The summed E-state index contributed by atoms with van der Waals surface area (Å²) in [5.41, 5.74) is -0.921. The van der Waals surface area contributed by atoms with Crippen molar-refractivity contribution in [1.82, 2.24) is 24.4 Å². The summed E-state index contributed by atoms with van der Waals surface area (Å²) in [6, 6.07) is 2.08. The number of aryl methyl sites for hydroxylation is 1. The number of rotatable bonds is 1. The van der Waals surface area contributed by atoms with Crippen LogP contribution in [0.4, 0.5) is 13.2 Å². The Hall–Kier alpha value is -2.65. The summed E-state index contributed by atoms with van der Waals surface area (Å²) in [5.74, 6) is -0.750. The molecule has 7 nitrogen and oxygen atoms in total. The molecule has 5 rings (SSSR count). The fourth-order valence-electron chi connectivity index (χ4n) is 3.89. The van der Waals surface area contributed by atoms with Crippen LogP contribution in [0.2, 0.25) is 0 Å². The van der Waals surface area contributed by atoms with E-state index in [2.05, 4.69) is 10.1 Å². The fourth-order valence-corrected chi connectivity index (χ4v) is 3.89. The van der Waals surface area contributed by atoms with Gasteiger partial charge in [-0.05, 0) is 25.8 Å². The summed E-state index contributed by atoms with van der Waals surface area (Å²) < 4.78 is 40.5. The number of piperidine rings is 1. The summed E-state index contributed by atoms with van der Waals surface area (Å²) in [7, 11) is 1.72. The van der Waals surface area contributed by atoms with E-state index in [0.717, 1.165) is 12.5 Å². The highest BCUT2D eigenvalue weighted by Gasteiger charge is 2.41. The maximum atomic E-state index is 13.3. The second-order valence-corrected chi connectivity index (χ2v) is 7.17. The van der Waals surface area contributed by atoms with E-state index in [4.69, 9.17) is 0 Å². The monoisotopic (exact) mass is 381 g/mol. The number of likely N-dealkylation sites (N-methyl/N-ethyl adjacent to an activating group) is 1. The molecule has 2 aromatic rings. The van der Waals surface area contributed by atoms with Gasteiger partial charge in [0.2, 0.25) is 5.91 Å². The Morgan fingerprint density at radius 2 is 1.96 bits per heavy atom. The topological polar surface area (TPSA) is 70.8 Å². The van der Waals surface area contributed by atoms with Crippen LogP contribution < -0.4 is 0 Å². The second-order valence-electron chi connectivity index (χ2n) is 7.17. The number of aromatic nitrogens is 3. The summed E-state index contributed by atoms with van der Waals surface area (Å²) in [5, 5.41) is 3.88. The quantitative estimate of drug-likeness (QED) is 0.755. The number of carbonyl (C=O) groups excluding carboxylic acids is 2. The number of amides is 2. The molecule has 3 fully saturated rings. The van der Waals surface area contributed by atoms with Gasteiger partial charge in [0, 0.05) is 37.9 Å². The Morgan fingerprint density at radius 1 is 1.22 bits per heavy atom. The van der Waals surface area contributed by atoms with Crippen molar-refractivity contribution in [3.05, 3.63) is 29.2 Å². The highest BCUT2D eigenvalue weighted by atomic mass is 19.4. The van der Waals surface area contributed by atoms with Gasteiger partial charge in [0.15, 0.2) is 11.3 Å². The van der Waals surface area contributed by atoms with Crippen molar-refractivity contribution in [3.8, 4) is 0 Å². The van der Waals surface area contributed by atoms with Gasteiger partial charge in [0.05, 0.1) is 5.92 Å². The molecule has 10 heteroatoms. The molecule has 0 spiro atoms. The van der Waals surface area contributed by atoms with Crippen LogP contribution in [0.25, 0.3) is 5.65 Å². The molecular weight excluding hydrogens is 363 g/mol. The van der Waals surface area contributed by atoms with E-state index in [9.17, 15) is 22.8 Å². The zero-order valence-electron chi connectivity index (χ0n) is 14.8. The molecule has 2 atom stereocenters. The molecule has 2 amide bonds. The molecule has 3 aliphatic heterocycles. The van der Waals surface area contributed by atoms with Gasteiger partial charge in [-0.2, -0.15) is 18.3 Å². The van der Waals surface area contributed by atoms with E-state index in [-0.39, 0.29) is 41.4 Å². The minimum absolute atomic E-state index is 0.00759. The number of halogens is 3. The van der Waals surface area contributed by atoms with Crippen LogP contribution in [0, 0.1) is 12.8 Å². The van der Waals surface area contributed by atoms with Crippen LogP contribution in [0.3, 0.4) is 0 Å². The third kappa shape index (κ3) is 2.92. The number of hydrogen-bond donors (Lipinski definition) is 0. The maximum Gasteiger partial charge on any atom is 0.433 e. The number of fused-ring (bicyclic) bond motifs is 5. The molecule has 27 heavy (non-hydrogen) atoms. The van der Waals surface area contributed by atoms with E-state index in [1.165, 1.54) is 17.9 Å². The van der Waals surface area contributed by atoms with Gasteiger partial charge < -0.3 is 9.80 Å². The van der Waals surface area contributed by atoms with Gasteiger partial charge in [-0.15, -0.1) is 0 Å². The Balaban J connectivity index is 1.71. The first-order valence-corrected chi connectivity index (χ1v) is 8.65. The predicted molar refractivity (Wildman–Crippen MR) is 87.9 cm³/mol. The lowest BCUT2D eigenvalue weighted by atomic mass is 9.95. The van der Waals surface area contributed by atoms with Gasteiger partial charge in [-0.3, -0.25) is 9.59 Å². The minimum atomic E-state index is -4.62. The average molecular weight is 381 g/mol. The van der Waals surface area contributed by atoms with Crippen LogP contribution in [-0.2, 0) is 11.0 Å². The molecule has 0 saturated carbocycles. The third-order valence-corrected chi connectivity index (χ3v) is 5.32. The lowest BCUT2D eigenvalue weighted by molar-refractivity contribution is -0.142. The second kappa shape index (κ2) is 5.93. The van der Waals surface area contributed by atoms with Gasteiger partial charge >= 0.3 is 6.18 Å². The van der Waals surface area contributed by atoms with Crippen molar-refractivity contribution >= 4 is 17.5 Å². The molecule has 0 unspecified atom stereocenters. The summed E-state index contributed by atoms with van der Waals surface area (Å²) >= 11 is 0. The van der Waals surface area contributed by atoms with E-state index in [1.807, 2.05) is 0 Å². The van der Waals surface area contributed by atoms with Crippen LogP contribution in [0.1, 0.15) is 34.7 Å². The molecular formula is C17H18F3N5O2. The van der Waals surface area contributed by atoms with Gasteiger partial charge in [0.25, 0.3) is 5.91 Å². The minimum Gasteiger partial charge on any atom is -0.341 e. The van der Waals surface area contributed by atoms with Crippen molar-refractivity contribution in [3.63, 3.8) is 0 Å². The van der Waals surface area contributed by atoms with E-state index in [1.54, 1.807) is 11.9 Å². The largest absolute Gasteiger partial charge is 0.433 e. The molecule has 0 aliphatic carbocycles. The van der Waals surface area contributed by atoms with Crippen molar-refractivity contribution in [1.29, 1.82) is 0 Å². The number of carbonyl (C=O) groups is 2. The highest BCUT2D eigenvalue weighted by molar-refractivity contribution is 5.94. The third-order valence-electron chi connectivity index (χ3n) is 5.32. The van der Waals surface area contributed by atoms with Crippen molar-refractivity contribution in [2.45, 2.75) is 32.0 Å². The number of nitrogens with zero attached hydrogens (tertiary/aromatic N) is 5. The molecule has 144 valence electrons. The molecule has 3 saturated heterocycles. The van der Waals surface area contributed by atoms with Crippen molar-refractivity contribution < 1.29 is 22.8 Å². The van der Waals surface area contributed by atoms with Gasteiger partial charge in [-0.1, -0.05) is 0 Å². The Labute approximate surface area is 152 Å². The summed E-state index contributed by atoms with van der Waals surface area (Å²) in [6.07, 6.45) is -3.10. The van der Waals surface area contributed by atoms with Crippen molar-refractivity contribution in [2.24, 2.45) is 5.92 Å².